The Bertz CT molecular complexity index is 388. The fourth-order valence-electron chi connectivity index (χ4n) is 2.87. The zero-order valence-corrected chi connectivity index (χ0v) is 13.2. The fourth-order valence-corrected chi connectivity index (χ4v) is 3.80. The molecule has 0 aromatic heterocycles. The molecule has 100 valence electrons. The number of halogens is 2. The van der Waals surface area contributed by atoms with Crippen LogP contribution in [0.3, 0.4) is 0 Å². The summed E-state index contributed by atoms with van der Waals surface area (Å²) in [5.74, 6) is 0.772. The predicted octanol–water partition coefficient (Wildman–Crippen LogP) is 5.33. The molecule has 0 bridgehead atoms. The highest BCUT2D eigenvalue weighted by Crippen LogP contribution is 2.38. The van der Waals surface area contributed by atoms with E-state index in [1.165, 1.54) is 37.7 Å². The van der Waals surface area contributed by atoms with E-state index in [0.717, 1.165) is 22.0 Å². The second kappa shape index (κ2) is 6.93. The Morgan fingerprint density at radius 1 is 1.39 bits per heavy atom. The van der Waals surface area contributed by atoms with Crippen LogP contribution in [0.1, 0.15) is 50.6 Å². The molecule has 0 radical (unpaired) electrons. The van der Waals surface area contributed by atoms with Gasteiger partial charge in [-0.25, -0.2) is 0 Å². The molecule has 1 aliphatic carbocycles. The van der Waals surface area contributed by atoms with Crippen LogP contribution in [0.2, 0.25) is 5.02 Å². The predicted molar refractivity (Wildman–Crippen MR) is 82.1 cm³/mol. The summed E-state index contributed by atoms with van der Waals surface area (Å²) >= 11 is 9.70. The van der Waals surface area contributed by atoms with Crippen molar-refractivity contribution in [2.24, 2.45) is 5.92 Å². The molecular formula is C15H21BrClN. The van der Waals surface area contributed by atoms with E-state index in [1.807, 2.05) is 12.1 Å². The van der Waals surface area contributed by atoms with Crippen molar-refractivity contribution in [3.05, 3.63) is 33.3 Å². The van der Waals surface area contributed by atoms with Crippen molar-refractivity contribution in [2.45, 2.75) is 45.1 Å². The smallest absolute Gasteiger partial charge is 0.0417 e. The van der Waals surface area contributed by atoms with Gasteiger partial charge in [0.2, 0.25) is 0 Å². The normalized spacial score (nSPS) is 18.2. The molecule has 0 saturated heterocycles. The van der Waals surface area contributed by atoms with Gasteiger partial charge in [0.25, 0.3) is 0 Å². The molecule has 0 spiro atoms. The Kier molecular flexibility index (Phi) is 5.53. The van der Waals surface area contributed by atoms with E-state index >= 15 is 0 Å². The number of nitrogens with one attached hydrogen (secondary N) is 1. The van der Waals surface area contributed by atoms with Crippen molar-refractivity contribution >= 4 is 27.5 Å². The maximum Gasteiger partial charge on any atom is 0.0417 e. The third kappa shape index (κ3) is 3.49. The minimum absolute atomic E-state index is 0.471. The molecule has 2 rings (SSSR count). The molecule has 1 aliphatic rings. The fraction of sp³-hybridized carbons (Fsp3) is 0.600. The summed E-state index contributed by atoms with van der Waals surface area (Å²) in [7, 11) is 0. The molecule has 0 amide bonds. The topological polar surface area (TPSA) is 12.0 Å². The highest BCUT2D eigenvalue weighted by molar-refractivity contribution is 9.10. The number of benzene rings is 1. The Morgan fingerprint density at radius 3 is 2.72 bits per heavy atom. The van der Waals surface area contributed by atoms with E-state index in [2.05, 4.69) is 34.2 Å². The molecular weight excluding hydrogens is 310 g/mol. The standard InChI is InChI=1S/C15H21BrClN/c1-2-9-18-15(11-5-3-4-6-11)13-8-7-12(17)10-14(13)16/h7-8,10-11,15,18H,2-6,9H2,1H3. The summed E-state index contributed by atoms with van der Waals surface area (Å²) in [5, 5.41) is 4.51. The highest BCUT2D eigenvalue weighted by Gasteiger charge is 2.27. The van der Waals surface area contributed by atoms with Crippen LogP contribution >= 0.6 is 27.5 Å². The summed E-state index contributed by atoms with van der Waals surface area (Å²) in [5.41, 5.74) is 1.36. The number of hydrogen-bond donors (Lipinski definition) is 1. The molecule has 1 nitrogen and oxygen atoms in total. The lowest BCUT2D eigenvalue weighted by Gasteiger charge is -2.26. The van der Waals surface area contributed by atoms with Gasteiger partial charge < -0.3 is 5.32 Å². The number of hydrogen-bond acceptors (Lipinski definition) is 1. The molecule has 0 aliphatic heterocycles. The van der Waals surface area contributed by atoms with Crippen LogP contribution in [-0.2, 0) is 0 Å². The molecule has 1 saturated carbocycles. The molecule has 18 heavy (non-hydrogen) atoms. The van der Waals surface area contributed by atoms with Crippen LogP contribution in [0.15, 0.2) is 22.7 Å². The Labute approximate surface area is 123 Å². The monoisotopic (exact) mass is 329 g/mol. The van der Waals surface area contributed by atoms with Crippen LogP contribution < -0.4 is 5.32 Å². The Balaban J connectivity index is 2.20. The molecule has 1 aromatic rings. The van der Waals surface area contributed by atoms with E-state index < -0.39 is 0 Å². The lowest BCUT2D eigenvalue weighted by molar-refractivity contribution is 0.367. The average Bonchev–Trinajstić information content (AvgIpc) is 2.85. The number of rotatable bonds is 5. The molecule has 1 atom stereocenters. The van der Waals surface area contributed by atoms with Gasteiger partial charge in [-0.15, -0.1) is 0 Å². The first-order valence-electron chi connectivity index (χ1n) is 6.90. The Hall–Kier alpha value is -0.0500. The maximum atomic E-state index is 6.04. The molecule has 1 fully saturated rings. The van der Waals surface area contributed by atoms with Crippen LogP contribution in [0.5, 0.6) is 0 Å². The summed E-state index contributed by atoms with van der Waals surface area (Å²) in [4.78, 5) is 0. The molecule has 1 aromatic carbocycles. The molecule has 1 unspecified atom stereocenters. The van der Waals surface area contributed by atoms with E-state index in [4.69, 9.17) is 11.6 Å². The third-order valence-corrected chi connectivity index (χ3v) is 4.70. The van der Waals surface area contributed by atoms with Gasteiger partial charge in [0, 0.05) is 15.5 Å². The minimum atomic E-state index is 0.471. The average molecular weight is 331 g/mol. The van der Waals surface area contributed by atoms with Gasteiger partial charge in [-0.1, -0.05) is 53.4 Å². The van der Waals surface area contributed by atoms with Gasteiger partial charge in [0.15, 0.2) is 0 Å². The van der Waals surface area contributed by atoms with Crippen molar-refractivity contribution in [2.75, 3.05) is 6.54 Å². The summed E-state index contributed by atoms with van der Waals surface area (Å²) in [6, 6.07) is 6.64. The van der Waals surface area contributed by atoms with Crippen molar-refractivity contribution in [1.29, 1.82) is 0 Å². The lowest BCUT2D eigenvalue weighted by Crippen LogP contribution is -2.28. The van der Waals surface area contributed by atoms with Crippen LogP contribution in [-0.4, -0.2) is 6.54 Å². The quantitative estimate of drug-likeness (QED) is 0.769. The van der Waals surface area contributed by atoms with Gasteiger partial charge in [0.05, 0.1) is 0 Å². The van der Waals surface area contributed by atoms with Crippen molar-refractivity contribution in [1.82, 2.24) is 5.32 Å². The van der Waals surface area contributed by atoms with Crippen LogP contribution in [0.25, 0.3) is 0 Å². The van der Waals surface area contributed by atoms with Crippen LogP contribution in [0.4, 0.5) is 0 Å². The second-order valence-corrected chi connectivity index (χ2v) is 6.43. The van der Waals surface area contributed by atoms with Crippen molar-refractivity contribution in [3.8, 4) is 0 Å². The van der Waals surface area contributed by atoms with Gasteiger partial charge in [-0.3, -0.25) is 0 Å². The molecule has 1 N–H and O–H groups in total. The summed E-state index contributed by atoms with van der Waals surface area (Å²) in [6.45, 7) is 3.30. The minimum Gasteiger partial charge on any atom is -0.310 e. The summed E-state index contributed by atoms with van der Waals surface area (Å²) in [6.07, 6.45) is 6.61. The zero-order chi connectivity index (χ0) is 13.0. The van der Waals surface area contributed by atoms with Gasteiger partial charge in [-0.05, 0) is 49.4 Å². The first-order valence-corrected chi connectivity index (χ1v) is 8.07. The SMILES string of the molecule is CCCNC(c1ccc(Cl)cc1Br)C1CCCC1. The lowest BCUT2D eigenvalue weighted by atomic mass is 9.91. The first-order chi connectivity index (χ1) is 8.72. The van der Waals surface area contributed by atoms with Gasteiger partial charge in [-0.2, -0.15) is 0 Å². The van der Waals surface area contributed by atoms with Gasteiger partial charge >= 0.3 is 0 Å². The second-order valence-electron chi connectivity index (χ2n) is 5.14. The van der Waals surface area contributed by atoms with Crippen molar-refractivity contribution < 1.29 is 0 Å². The summed E-state index contributed by atoms with van der Waals surface area (Å²) < 4.78 is 1.13. The van der Waals surface area contributed by atoms with E-state index in [1.54, 1.807) is 0 Å². The zero-order valence-electron chi connectivity index (χ0n) is 10.9. The van der Waals surface area contributed by atoms with Crippen molar-refractivity contribution in [3.63, 3.8) is 0 Å². The largest absolute Gasteiger partial charge is 0.310 e. The molecule has 0 heterocycles. The molecule has 3 heteroatoms. The maximum absolute atomic E-state index is 6.04. The van der Waals surface area contributed by atoms with E-state index in [9.17, 15) is 0 Å². The van der Waals surface area contributed by atoms with E-state index in [-0.39, 0.29) is 0 Å². The Morgan fingerprint density at radius 2 is 2.11 bits per heavy atom. The first kappa shape index (κ1) is 14.4. The van der Waals surface area contributed by atoms with E-state index in [0.29, 0.717) is 6.04 Å². The van der Waals surface area contributed by atoms with Crippen LogP contribution in [0, 0.1) is 5.92 Å². The highest BCUT2D eigenvalue weighted by atomic mass is 79.9. The third-order valence-electron chi connectivity index (χ3n) is 3.78. The van der Waals surface area contributed by atoms with Gasteiger partial charge in [0.1, 0.15) is 0 Å².